The van der Waals surface area contributed by atoms with Gasteiger partial charge in [0, 0.05) is 6.42 Å². The van der Waals surface area contributed by atoms with Crippen LogP contribution in [0.4, 0.5) is 0 Å². The summed E-state index contributed by atoms with van der Waals surface area (Å²) in [5.74, 6) is 0. The molecule has 0 aliphatic carbocycles. The molecule has 1 unspecified atom stereocenters. The lowest BCUT2D eigenvalue weighted by molar-refractivity contribution is 0.0267. The molecule has 0 fully saturated rings. The van der Waals surface area contributed by atoms with Crippen molar-refractivity contribution in [2.75, 3.05) is 0 Å². The van der Waals surface area contributed by atoms with Gasteiger partial charge in [-0.05, 0) is 33.3 Å². The van der Waals surface area contributed by atoms with Crippen molar-refractivity contribution in [1.29, 1.82) is 0 Å². The van der Waals surface area contributed by atoms with Gasteiger partial charge in [0.25, 0.3) is 0 Å². The summed E-state index contributed by atoms with van der Waals surface area (Å²) in [7, 11) is 0. The molecule has 0 saturated carbocycles. The average Bonchev–Trinajstić information content (AvgIpc) is 2.59. The molecule has 1 aliphatic rings. The lowest BCUT2D eigenvalue weighted by Crippen LogP contribution is -2.25. The largest absolute Gasteiger partial charge is 0.385 e. The Labute approximate surface area is 93.7 Å². The van der Waals surface area contributed by atoms with Crippen LogP contribution in [0.3, 0.4) is 0 Å². The molecule has 15 heavy (non-hydrogen) atoms. The fraction of sp³-hybridized carbons (Fsp3) is 0.615. The second kappa shape index (κ2) is 6.44. The molecule has 2 heteroatoms. The van der Waals surface area contributed by atoms with Crippen LogP contribution in [-0.4, -0.2) is 11.3 Å². The summed E-state index contributed by atoms with van der Waals surface area (Å²) in [4.78, 5) is 5.40. The van der Waals surface area contributed by atoms with Crippen molar-refractivity contribution in [1.82, 2.24) is 0 Å². The summed E-state index contributed by atoms with van der Waals surface area (Å²) in [5.41, 5.74) is 2.06. The predicted molar refractivity (Wildman–Crippen MR) is 67.1 cm³/mol. The third-order valence-electron chi connectivity index (χ3n) is 2.37. The van der Waals surface area contributed by atoms with Gasteiger partial charge in [0.05, 0.1) is 5.71 Å². The molecular weight excluding hydrogens is 186 g/mol. The van der Waals surface area contributed by atoms with E-state index < -0.39 is 0 Å². The van der Waals surface area contributed by atoms with E-state index in [1.165, 1.54) is 5.57 Å². The fourth-order valence-electron chi connectivity index (χ4n) is 1.36. The number of nitrogens with zero attached hydrogens (tertiary/aromatic N) is 1. The zero-order valence-corrected chi connectivity index (χ0v) is 10.8. The minimum absolute atomic E-state index is 0.219. The van der Waals surface area contributed by atoms with Crippen LogP contribution in [0.2, 0.25) is 0 Å². The molecule has 0 saturated heterocycles. The summed E-state index contributed by atoms with van der Waals surface area (Å²) >= 11 is 0. The highest BCUT2D eigenvalue weighted by Gasteiger charge is 2.33. The standard InChI is InChI=1S/C11H17NO.C2H6/c1-5-6-7-9(2)11(4)8-10(3)12-13-11;1-2/h5-7H,8H2,1-4H3;1-2H3/b6-5-,9-7+;. The molecule has 1 atom stereocenters. The highest BCUT2D eigenvalue weighted by molar-refractivity contribution is 5.84. The van der Waals surface area contributed by atoms with E-state index in [0.717, 1.165) is 12.1 Å². The molecule has 0 spiro atoms. The Bertz CT molecular complexity index is 276. The van der Waals surface area contributed by atoms with Crippen molar-refractivity contribution in [3.05, 3.63) is 23.8 Å². The molecule has 0 amide bonds. The lowest BCUT2D eigenvalue weighted by Gasteiger charge is -2.21. The predicted octanol–water partition coefficient (Wildman–Crippen LogP) is 4.09. The van der Waals surface area contributed by atoms with E-state index in [1.807, 2.05) is 39.8 Å². The molecular formula is C13H23NO. The first-order valence-electron chi connectivity index (χ1n) is 5.60. The maximum atomic E-state index is 5.40. The number of allylic oxidation sites excluding steroid dienone is 3. The van der Waals surface area contributed by atoms with Gasteiger partial charge in [0.15, 0.2) is 5.60 Å². The van der Waals surface area contributed by atoms with E-state index in [1.54, 1.807) is 0 Å². The van der Waals surface area contributed by atoms with Gasteiger partial charge < -0.3 is 4.84 Å². The van der Waals surface area contributed by atoms with Gasteiger partial charge in [-0.25, -0.2) is 0 Å². The quantitative estimate of drug-likeness (QED) is 0.628. The van der Waals surface area contributed by atoms with Crippen molar-refractivity contribution in [3.8, 4) is 0 Å². The van der Waals surface area contributed by atoms with Crippen LogP contribution in [0.1, 0.15) is 48.0 Å². The summed E-state index contributed by atoms with van der Waals surface area (Å²) < 4.78 is 0. The highest BCUT2D eigenvalue weighted by Crippen LogP contribution is 2.30. The number of rotatable bonds is 2. The van der Waals surface area contributed by atoms with Gasteiger partial charge in [-0.15, -0.1) is 0 Å². The van der Waals surface area contributed by atoms with Crippen LogP contribution in [0.15, 0.2) is 29.0 Å². The van der Waals surface area contributed by atoms with Gasteiger partial charge in [0.1, 0.15) is 0 Å². The SMILES string of the molecule is C/C=C\C=C(/C)C1(C)CC(C)=NO1.CC. The lowest BCUT2D eigenvalue weighted by atomic mass is 9.92. The van der Waals surface area contributed by atoms with E-state index >= 15 is 0 Å². The summed E-state index contributed by atoms with van der Waals surface area (Å²) in [6, 6.07) is 0. The molecule has 86 valence electrons. The second-order valence-electron chi connectivity index (χ2n) is 3.70. The van der Waals surface area contributed by atoms with Gasteiger partial charge in [-0.3, -0.25) is 0 Å². The first-order valence-corrected chi connectivity index (χ1v) is 5.60. The minimum atomic E-state index is -0.219. The third-order valence-corrected chi connectivity index (χ3v) is 2.37. The first kappa shape index (κ1) is 13.9. The summed E-state index contributed by atoms with van der Waals surface area (Å²) in [6.45, 7) is 12.1. The van der Waals surface area contributed by atoms with E-state index in [0.29, 0.717) is 0 Å². The molecule has 0 aromatic rings. The van der Waals surface area contributed by atoms with Crippen molar-refractivity contribution >= 4 is 5.71 Å². The molecule has 1 aliphatic heterocycles. The topological polar surface area (TPSA) is 21.6 Å². The molecule has 1 rings (SSSR count). The Morgan fingerprint density at radius 1 is 1.47 bits per heavy atom. The minimum Gasteiger partial charge on any atom is -0.385 e. The van der Waals surface area contributed by atoms with E-state index in [4.69, 9.17) is 4.84 Å². The second-order valence-corrected chi connectivity index (χ2v) is 3.70. The van der Waals surface area contributed by atoms with Crippen LogP contribution in [0, 0.1) is 0 Å². The number of hydrogen-bond donors (Lipinski definition) is 0. The van der Waals surface area contributed by atoms with E-state index in [2.05, 4.69) is 25.1 Å². The van der Waals surface area contributed by atoms with Gasteiger partial charge in [-0.1, -0.05) is 37.2 Å². The molecule has 0 aromatic heterocycles. The highest BCUT2D eigenvalue weighted by atomic mass is 16.7. The summed E-state index contributed by atoms with van der Waals surface area (Å²) in [6.07, 6.45) is 7.01. The fourth-order valence-corrected chi connectivity index (χ4v) is 1.36. The van der Waals surface area contributed by atoms with Crippen molar-refractivity contribution in [3.63, 3.8) is 0 Å². The zero-order valence-electron chi connectivity index (χ0n) is 10.8. The molecule has 0 aromatic carbocycles. The zero-order chi connectivity index (χ0) is 11.9. The molecule has 1 heterocycles. The third kappa shape index (κ3) is 3.90. The average molecular weight is 209 g/mol. The van der Waals surface area contributed by atoms with Crippen LogP contribution < -0.4 is 0 Å². The number of oxime groups is 1. The Morgan fingerprint density at radius 2 is 2.07 bits per heavy atom. The molecule has 0 bridgehead atoms. The van der Waals surface area contributed by atoms with Crippen LogP contribution in [0.5, 0.6) is 0 Å². The Balaban J connectivity index is 0.000000921. The van der Waals surface area contributed by atoms with Crippen LogP contribution in [0.25, 0.3) is 0 Å². The van der Waals surface area contributed by atoms with E-state index in [9.17, 15) is 0 Å². The van der Waals surface area contributed by atoms with Gasteiger partial charge in [-0.2, -0.15) is 0 Å². The van der Waals surface area contributed by atoms with Crippen LogP contribution >= 0.6 is 0 Å². The van der Waals surface area contributed by atoms with Gasteiger partial charge >= 0.3 is 0 Å². The maximum absolute atomic E-state index is 5.40. The molecule has 0 radical (unpaired) electrons. The Hall–Kier alpha value is -1.05. The normalized spacial score (nSPS) is 25.7. The maximum Gasteiger partial charge on any atom is 0.161 e. The Kier molecular flexibility index (Phi) is 5.99. The monoisotopic (exact) mass is 209 g/mol. The smallest absolute Gasteiger partial charge is 0.161 e. The van der Waals surface area contributed by atoms with Gasteiger partial charge in [0.2, 0.25) is 0 Å². The summed E-state index contributed by atoms with van der Waals surface area (Å²) in [5, 5.41) is 3.97. The van der Waals surface area contributed by atoms with Crippen molar-refractivity contribution in [2.45, 2.75) is 53.6 Å². The van der Waals surface area contributed by atoms with Crippen LogP contribution in [-0.2, 0) is 4.84 Å². The van der Waals surface area contributed by atoms with Crippen molar-refractivity contribution < 1.29 is 4.84 Å². The Morgan fingerprint density at radius 3 is 2.47 bits per heavy atom. The van der Waals surface area contributed by atoms with E-state index in [-0.39, 0.29) is 5.60 Å². The van der Waals surface area contributed by atoms with Crippen molar-refractivity contribution in [2.24, 2.45) is 5.16 Å². The number of hydrogen-bond acceptors (Lipinski definition) is 2. The first-order chi connectivity index (χ1) is 7.08. The molecule has 0 N–H and O–H groups in total. The molecule has 2 nitrogen and oxygen atoms in total.